The molecule has 0 aliphatic heterocycles. The molecule has 2 aromatic carbocycles. The minimum absolute atomic E-state index is 0.249. The fraction of sp³-hybridized carbons (Fsp3) is 0.333. The molecule has 0 fully saturated rings. The third-order valence-electron chi connectivity index (χ3n) is 4.38. The Hall–Kier alpha value is -3.02. The molecule has 0 aliphatic rings. The number of carbonyl (C=O) groups is 1. The molecule has 0 saturated heterocycles. The van der Waals surface area contributed by atoms with Crippen LogP contribution in [0.2, 0.25) is 0 Å². The van der Waals surface area contributed by atoms with Gasteiger partial charge in [0.2, 0.25) is 0 Å². The number of hydrogen-bond acceptors (Lipinski definition) is 5. The zero-order valence-corrected chi connectivity index (χ0v) is 16.6. The standard InChI is InChI=1S/C21H27N3O3/c1-6-24(7-2)18-11-8-16(9-12-18)21(25)23-22-15(3)17-10-13-19(26-4)20(14-17)27-5/h8-14H,6-7H2,1-5H3,(H,23,25)/b22-15-. The van der Waals surface area contributed by atoms with Crippen LogP contribution in [0.1, 0.15) is 36.7 Å². The number of nitrogens with zero attached hydrogens (tertiary/aromatic N) is 2. The first-order chi connectivity index (χ1) is 13.0. The van der Waals surface area contributed by atoms with Gasteiger partial charge in [-0.05, 0) is 63.2 Å². The van der Waals surface area contributed by atoms with E-state index in [2.05, 4.69) is 29.3 Å². The van der Waals surface area contributed by atoms with Crippen LogP contribution in [0.3, 0.4) is 0 Å². The van der Waals surface area contributed by atoms with Crippen molar-refractivity contribution in [2.24, 2.45) is 5.10 Å². The van der Waals surface area contributed by atoms with Crippen molar-refractivity contribution in [3.8, 4) is 11.5 Å². The summed E-state index contributed by atoms with van der Waals surface area (Å²) in [6.45, 7) is 7.89. The number of methoxy groups -OCH3 is 2. The molecule has 0 heterocycles. The topological polar surface area (TPSA) is 63.2 Å². The molecule has 0 aromatic heterocycles. The summed E-state index contributed by atoms with van der Waals surface area (Å²) in [5.41, 5.74) is 5.77. The summed E-state index contributed by atoms with van der Waals surface area (Å²) in [5, 5.41) is 4.20. The fourth-order valence-electron chi connectivity index (χ4n) is 2.74. The first-order valence-electron chi connectivity index (χ1n) is 8.96. The number of ether oxygens (including phenoxy) is 2. The number of anilines is 1. The van der Waals surface area contributed by atoms with Crippen molar-refractivity contribution in [1.82, 2.24) is 5.43 Å². The van der Waals surface area contributed by atoms with Gasteiger partial charge in [0, 0.05) is 29.9 Å². The molecule has 27 heavy (non-hydrogen) atoms. The highest BCUT2D eigenvalue weighted by atomic mass is 16.5. The normalized spacial score (nSPS) is 11.1. The van der Waals surface area contributed by atoms with Gasteiger partial charge < -0.3 is 14.4 Å². The smallest absolute Gasteiger partial charge is 0.271 e. The van der Waals surface area contributed by atoms with Crippen molar-refractivity contribution in [1.29, 1.82) is 0 Å². The van der Waals surface area contributed by atoms with Gasteiger partial charge in [-0.25, -0.2) is 5.43 Å². The van der Waals surface area contributed by atoms with Crippen LogP contribution in [0.25, 0.3) is 0 Å². The summed E-state index contributed by atoms with van der Waals surface area (Å²) in [7, 11) is 3.17. The molecule has 1 amide bonds. The third kappa shape index (κ3) is 5.00. The summed E-state index contributed by atoms with van der Waals surface area (Å²) in [6.07, 6.45) is 0. The lowest BCUT2D eigenvalue weighted by atomic mass is 10.1. The fourth-order valence-corrected chi connectivity index (χ4v) is 2.74. The van der Waals surface area contributed by atoms with Crippen LogP contribution >= 0.6 is 0 Å². The second-order valence-electron chi connectivity index (χ2n) is 5.93. The van der Waals surface area contributed by atoms with Crippen LogP contribution < -0.4 is 19.8 Å². The molecule has 0 atom stereocenters. The molecular formula is C21H27N3O3. The van der Waals surface area contributed by atoms with Gasteiger partial charge in [-0.3, -0.25) is 4.79 Å². The monoisotopic (exact) mass is 369 g/mol. The van der Waals surface area contributed by atoms with Gasteiger partial charge in [0.1, 0.15) is 0 Å². The lowest BCUT2D eigenvalue weighted by molar-refractivity contribution is 0.0955. The van der Waals surface area contributed by atoms with Gasteiger partial charge in [-0.2, -0.15) is 5.10 Å². The highest BCUT2D eigenvalue weighted by Gasteiger charge is 2.09. The van der Waals surface area contributed by atoms with E-state index in [1.54, 1.807) is 20.3 Å². The van der Waals surface area contributed by atoms with E-state index in [1.807, 2.05) is 43.3 Å². The molecule has 0 bridgehead atoms. The van der Waals surface area contributed by atoms with Gasteiger partial charge >= 0.3 is 0 Å². The Balaban J connectivity index is 2.09. The molecule has 2 rings (SSSR count). The summed E-state index contributed by atoms with van der Waals surface area (Å²) in [4.78, 5) is 14.6. The number of hydrogen-bond donors (Lipinski definition) is 1. The summed E-state index contributed by atoms with van der Waals surface area (Å²) < 4.78 is 10.5. The Morgan fingerprint density at radius 2 is 1.56 bits per heavy atom. The summed E-state index contributed by atoms with van der Waals surface area (Å²) in [6, 6.07) is 13.0. The van der Waals surface area contributed by atoms with Crippen LogP contribution in [0.5, 0.6) is 11.5 Å². The molecule has 1 N–H and O–H groups in total. The SMILES string of the molecule is CCN(CC)c1ccc(C(=O)N/N=C(/C)c2ccc(OC)c(OC)c2)cc1. The van der Waals surface area contributed by atoms with Crippen LogP contribution in [-0.4, -0.2) is 38.9 Å². The van der Waals surface area contributed by atoms with E-state index in [0.717, 1.165) is 24.3 Å². The van der Waals surface area contributed by atoms with E-state index in [0.29, 0.717) is 22.8 Å². The molecule has 6 nitrogen and oxygen atoms in total. The number of hydrazone groups is 1. The number of benzene rings is 2. The Morgan fingerprint density at radius 1 is 0.963 bits per heavy atom. The number of amides is 1. The second-order valence-corrected chi connectivity index (χ2v) is 5.93. The van der Waals surface area contributed by atoms with Crippen molar-refractivity contribution >= 4 is 17.3 Å². The number of carbonyl (C=O) groups excluding carboxylic acids is 1. The van der Waals surface area contributed by atoms with Crippen molar-refractivity contribution in [3.63, 3.8) is 0 Å². The van der Waals surface area contributed by atoms with Crippen molar-refractivity contribution in [2.45, 2.75) is 20.8 Å². The zero-order chi connectivity index (χ0) is 19.8. The average molecular weight is 369 g/mol. The van der Waals surface area contributed by atoms with Gasteiger partial charge in [-0.15, -0.1) is 0 Å². The minimum Gasteiger partial charge on any atom is -0.493 e. The maximum Gasteiger partial charge on any atom is 0.271 e. The quantitative estimate of drug-likeness (QED) is 0.569. The maximum absolute atomic E-state index is 12.3. The molecule has 0 unspecified atom stereocenters. The Bertz CT molecular complexity index is 797. The molecule has 6 heteroatoms. The Labute approximate surface area is 160 Å². The minimum atomic E-state index is -0.249. The van der Waals surface area contributed by atoms with E-state index in [4.69, 9.17) is 9.47 Å². The van der Waals surface area contributed by atoms with Crippen LogP contribution in [-0.2, 0) is 0 Å². The molecule has 0 radical (unpaired) electrons. The molecule has 0 aliphatic carbocycles. The first-order valence-corrected chi connectivity index (χ1v) is 8.96. The van der Waals surface area contributed by atoms with Gasteiger partial charge in [0.15, 0.2) is 11.5 Å². The average Bonchev–Trinajstić information content (AvgIpc) is 2.72. The van der Waals surface area contributed by atoms with E-state index >= 15 is 0 Å². The van der Waals surface area contributed by atoms with E-state index in [-0.39, 0.29) is 5.91 Å². The van der Waals surface area contributed by atoms with Gasteiger partial charge in [0.05, 0.1) is 19.9 Å². The second kappa shape index (κ2) is 9.62. The van der Waals surface area contributed by atoms with Crippen molar-refractivity contribution < 1.29 is 14.3 Å². The summed E-state index contributed by atoms with van der Waals surface area (Å²) in [5.74, 6) is 1.01. The van der Waals surface area contributed by atoms with E-state index in [9.17, 15) is 4.79 Å². The molecule has 0 saturated carbocycles. The zero-order valence-electron chi connectivity index (χ0n) is 16.6. The molecular weight excluding hydrogens is 342 g/mol. The largest absolute Gasteiger partial charge is 0.493 e. The van der Waals surface area contributed by atoms with Gasteiger partial charge in [-0.1, -0.05) is 0 Å². The third-order valence-corrected chi connectivity index (χ3v) is 4.38. The Kier molecular flexibility index (Phi) is 7.23. The Morgan fingerprint density at radius 3 is 2.11 bits per heavy atom. The van der Waals surface area contributed by atoms with Crippen LogP contribution in [0.4, 0.5) is 5.69 Å². The lowest BCUT2D eigenvalue weighted by Crippen LogP contribution is -2.22. The molecule has 144 valence electrons. The maximum atomic E-state index is 12.3. The van der Waals surface area contributed by atoms with E-state index in [1.165, 1.54) is 0 Å². The van der Waals surface area contributed by atoms with Crippen molar-refractivity contribution in [3.05, 3.63) is 53.6 Å². The van der Waals surface area contributed by atoms with Crippen LogP contribution in [0, 0.1) is 0 Å². The predicted octanol–water partition coefficient (Wildman–Crippen LogP) is 3.70. The highest BCUT2D eigenvalue weighted by molar-refractivity contribution is 6.01. The highest BCUT2D eigenvalue weighted by Crippen LogP contribution is 2.27. The van der Waals surface area contributed by atoms with E-state index < -0.39 is 0 Å². The number of rotatable bonds is 8. The predicted molar refractivity (Wildman–Crippen MR) is 109 cm³/mol. The lowest BCUT2D eigenvalue weighted by Gasteiger charge is -2.20. The van der Waals surface area contributed by atoms with Gasteiger partial charge in [0.25, 0.3) is 5.91 Å². The molecule has 2 aromatic rings. The number of nitrogens with one attached hydrogen (secondary N) is 1. The van der Waals surface area contributed by atoms with Crippen molar-refractivity contribution in [2.75, 3.05) is 32.2 Å². The molecule has 0 spiro atoms. The summed E-state index contributed by atoms with van der Waals surface area (Å²) >= 11 is 0. The van der Waals surface area contributed by atoms with Crippen LogP contribution in [0.15, 0.2) is 47.6 Å². The first kappa shape index (κ1) is 20.3.